The first-order valence-corrected chi connectivity index (χ1v) is 9.38. The van der Waals surface area contributed by atoms with Gasteiger partial charge in [0.15, 0.2) is 11.5 Å². The van der Waals surface area contributed by atoms with E-state index in [0.717, 1.165) is 42.9 Å². The Bertz CT molecular complexity index is 760. The van der Waals surface area contributed by atoms with Gasteiger partial charge in [0.25, 0.3) is 5.91 Å². The average Bonchev–Trinajstić information content (AvgIpc) is 3.18. The minimum Gasteiger partial charge on any atom is -0.490 e. The molecule has 1 fully saturated rings. The normalized spacial score (nSPS) is 20.0. The molecule has 0 saturated carbocycles. The van der Waals surface area contributed by atoms with Crippen molar-refractivity contribution in [3.63, 3.8) is 0 Å². The minimum absolute atomic E-state index is 0.0570. The smallest absolute Gasteiger partial charge is 0.264 e. The zero-order chi connectivity index (χ0) is 16.5. The fourth-order valence-electron chi connectivity index (χ4n) is 3.31. The van der Waals surface area contributed by atoms with Crippen LogP contribution in [0.25, 0.3) is 0 Å². The number of carbonyl (C=O) groups is 1. The second kappa shape index (κ2) is 6.65. The number of nitrogens with zero attached hydrogens (tertiary/aromatic N) is 1. The third kappa shape index (κ3) is 2.98. The van der Waals surface area contributed by atoms with E-state index in [2.05, 4.69) is 0 Å². The quantitative estimate of drug-likeness (QED) is 0.786. The van der Waals surface area contributed by atoms with Crippen LogP contribution in [0.3, 0.4) is 0 Å². The van der Waals surface area contributed by atoms with Crippen LogP contribution in [0.2, 0.25) is 4.34 Å². The van der Waals surface area contributed by atoms with Crippen molar-refractivity contribution in [3.05, 3.63) is 45.1 Å². The fourth-order valence-corrected chi connectivity index (χ4v) is 4.31. The van der Waals surface area contributed by atoms with Gasteiger partial charge in [0, 0.05) is 13.0 Å². The van der Waals surface area contributed by atoms with E-state index >= 15 is 0 Å². The van der Waals surface area contributed by atoms with Gasteiger partial charge in [0.1, 0.15) is 0 Å². The summed E-state index contributed by atoms with van der Waals surface area (Å²) in [5.41, 5.74) is 1.10. The van der Waals surface area contributed by atoms with E-state index < -0.39 is 0 Å². The van der Waals surface area contributed by atoms with Gasteiger partial charge in [0.2, 0.25) is 0 Å². The third-order valence-electron chi connectivity index (χ3n) is 4.45. The molecule has 4 nitrogen and oxygen atoms in total. The summed E-state index contributed by atoms with van der Waals surface area (Å²) in [6.45, 7) is 2.12. The number of thiophene rings is 1. The third-order valence-corrected chi connectivity index (χ3v) is 5.67. The topological polar surface area (TPSA) is 38.8 Å². The molecular weight excluding hydrogens is 346 g/mol. The highest BCUT2D eigenvalue weighted by molar-refractivity contribution is 7.17. The van der Waals surface area contributed by atoms with E-state index in [4.69, 9.17) is 21.1 Å². The van der Waals surface area contributed by atoms with Crippen LogP contribution in [0.5, 0.6) is 11.5 Å². The van der Waals surface area contributed by atoms with Gasteiger partial charge in [-0.15, -0.1) is 11.3 Å². The second-order valence-corrected chi connectivity index (χ2v) is 7.73. The van der Waals surface area contributed by atoms with Crippen molar-refractivity contribution >= 4 is 28.8 Å². The van der Waals surface area contributed by atoms with Crippen molar-refractivity contribution in [2.45, 2.75) is 25.3 Å². The van der Waals surface area contributed by atoms with E-state index in [1.165, 1.54) is 11.3 Å². The van der Waals surface area contributed by atoms with Gasteiger partial charge in [-0.3, -0.25) is 4.79 Å². The maximum Gasteiger partial charge on any atom is 0.264 e. The molecule has 0 aliphatic carbocycles. The summed E-state index contributed by atoms with van der Waals surface area (Å²) in [5.74, 6) is 1.63. The van der Waals surface area contributed by atoms with Gasteiger partial charge in [-0.2, -0.15) is 0 Å². The van der Waals surface area contributed by atoms with E-state index in [1.807, 2.05) is 23.1 Å². The van der Waals surface area contributed by atoms with Crippen LogP contribution in [0.4, 0.5) is 0 Å². The Labute approximate surface area is 149 Å². The Morgan fingerprint density at radius 2 is 1.96 bits per heavy atom. The molecule has 2 aliphatic rings. The van der Waals surface area contributed by atoms with Gasteiger partial charge in [0.05, 0.1) is 28.5 Å². The molecule has 0 spiro atoms. The molecule has 1 aromatic heterocycles. The summed E-state index contributed by atoms with van der Waals surface area (Å²) in [7, 11) is 0. The number of rotatable bonds is 2. The fraction of sp³-hybridized carbons (Fsp3) is 0.389. The second-order valence-electron chi connectivity index (χ2n) is 6.02. The lowest BCUT2D eigenvalue weighted by Crippen LogP contribution is -2.29. The molecule has 0 unspecified atom stereocenters. The predicted molar refractivity (Wildman–Crippen MR) is 94.4 cm³/mol. The first kappa shape index (κ1) is 15.8. The van der Waals surface area contributed by atoms with Gasteiger partial charge in [-0.1, -0.05) is 17.7 Å². The Balaban J connectivity index is 1.61. The lowest BCUT2D eigenvalue weighted by atomic mass is 10.0. The van der Waals surface area contributed by atoms with Crippen LogP contribution < -0.4 is 9.47 Å². The predicted octanol–water partition coefficient (Wildman–Crippen LogP) is 4.54. The summed E-state index contributed by atoms with van der Waals surface area (Å²) < 4.78 is 12.1. The standard InChI is InChI=1S/C18H18ClNO3S/c19-17-7-6-16(24-17)18(21)20-8-1-3-13(20)12-4-5-14-15(11-12)23-10-2-9-22-14/h4-7,11,13H,1-3,8-10H2/t13-/m1/s1. The highest BCUT2D eigenvalue weighted by Gasteiger charge is 2.32. The molecule has 24 heavy (non-hydrogen) atoms. The van der Waals surface area contributed by atoms with Crippen LogP contribution in [0.15, 0.2) is 30.3 Å². The Hall–Kier alpha value is -1.72. The molecule has 2 aromatic rings. The Morgan fingerprint density at radius 3 is 2.75 bits per heavy atom. The minimum atomic E-state index is 0.0570. The van der Waals surface area contributed by atoms with Crippen molar-refractivity contribution in [2.24, 2.45) is 0 Å². The van der Waals surface area contributed by atoms with E-state index in [9.17, 15) is 4.79 Å². The lowest BCUT2D eigenvalue weighted by Gasteiger charge is -2.25. The van der Waals surface area contributed by atoms with Gasteiger partial charge < -0.3 is 14.4 Å². The molecule has 6 heteroatoms. The summed E-state index contributed by atoms with van der Waals surface area (Å²) >= 11 is 7.31. The molecule has 0 bridgehead atoms. The monoisotopic (exact) mass is 363 g/mol. The van der Waals surface area contributed by atoms with Gasteiger partial charge in [-0.05, 0) is 42.7 Å². The number of ether oxygens (including phenoxy) is 2. The van der Waals surface area contributed by atoms with Crippen molar-refractivity contribution < 1.29 is 14.3 Å². The Kier molecular flexibility index (Phi) is 4.37. The number of carbonyl (C=O) groups excluding carboxylic acids is 1. The molecule has 1 atom stereocenters. The van der Waals surface area contributed by atoms with Crippen LogP contribution in [-0.2, 0) is 0 Å². The summed E-state index contributed by atoms with van der Waals surface area (Å²) in [6, 6.07) is 9.69. The number of halogens is 1. The number of benzene rings is 1. The first-order chi connectivity index (χ1) is 11.7. The zero-order valence-electron chi connectivity index (χ0n) is 13.2. The maximum absolute atomic E-state index is 12.8. The van der Waals surface area contributed by atoms with Gasteiger partial charge in [-0.25, -0.2) is 0 Å². The van der Waals surface area contributed by atoms with Crippen LogP contribution >= 0.6 is 22.9 Å². The molecule has 0 radical (unpaired) electrons. The number of amides is 1. The van der Waals surface area contributed by atoms with Crippen molar-refractivity contribution in [1.29, 1.82) is 0 Å². The number of hydrogen-bond acceptors (Lipinski definition) is 4. The summed E-state index contributed by atoms with van der Waals surface area (Å²) in [4.78, 5) is 15.5. The largest absolute Gasteiger partial charge is 0.490 e. The van der Waals surface area contributed by atoms with Crippen LogP contribution in [0.1, 0.15) is 40.5 Å². The number of fused-ring (bicyclic) bond motifs is 1. The van der Waals surface area contributed by atoms with Crippen molar-refractivity contribution in [3.8, 4) is 11.5 Å². The highest BCUT2D eigenvalue weighted by atomic mass is 35.5. The summed E-state index contributed by atoms with van der Waals surface area (Å²) in [6.07, 6.45) is 2.85. The van der Waals surface area contributed by atoms with Crippen molar-refractivity contribution in [1.82, 2.24) is 4.90 Å². The van der Waals surface area contributed by atoms with Gasteiger partial charge >= 0.3 is 0 Å². The molecule has 0 N–H and O–H groups in total. The average molecular weight is 364 g/mol. The Morgan fingerprint density at radius 1 is 1.12 bits per heavy atom. The lowest BCUT2D eigenvalue weighted by molar-refractivity contribution is 0.0740. The van der Waals surface area contributed by atoms with E-state index in [0.29, 0.717) is 22.4 Å². The molecule has 2 aliphatic heterocycles. The SMILES string of the molecule is O=C(c1ccc(Cl)s1)N1CCC[C@@H]1c1ccc2c(c1)OCCCO2. The number of likely N-dealkylation sites (tertiary alicyclic amines) is 1. The summed E-state index contributed by atoms with van der Waals surface area (Å²) in [5, 5.41) is 0. The zero-order valence-corrected chi connectivity index (χ0v) is 14.7. The molecule has 1 saturated heterocycles. The molecule has 4 rings (SSSR count). The number of hydrogen-bond donors (Lipinski definition) is 0. The van der Waals surface area contributed by atoms with Crippen molar-refractivity contribution in [2.75, 3.05) is 19.8 Å². The van der Waals surface area contributed by atoms with E-state index in [1.54, 1.807) is 12.1 Å². The molecule has 3 heterocycles. The highest BCUT2D eigenvalue weighted by Crippen LogP contribution is 2.39. The molecule has 1 aromatic carbocycles. The molecule has 126 valence electrons. The van der Waals surface area contributed by atoms with Crippen LogP contribution in [0, 0.1) is 0 Å². The first-order valence-electron chi connectivity index (χ1n) is 8.18. The van der Waals surface area contributed by atoms with E-state index in [-0.39, 0.29) is 11.9 Å². The maximum atomic E-state index is 12.8. The molecular formula is C18H18ClNO3S. The van der Waals surface area contributed by atoms with Crippen LogP contribution in [-0.4, -0.2) is 30.6 Å². The molecule has 1 amide bonds.